The molecule has 0 spiro atoms. The highest BCUT2D eigenvalue weighted by atomic mass is 16.6. The van der Waals surface area contributed by atoms with Gasteiger partial charge in [0.25, 0.3) is 0 Å². The Kier molecular flexibility index (Phi) is 3.49. The van der Waals surface area contributed by atoms with Gasteiger partial charge in [-0.05, 0) is 22.4 Å². The van der Waals surface area contributed by atoms with Crippen LogP contribution in [-0.2, 0) is 0 Å². The molecule has 76 valence electrons. The largest absolute Gasteiger partial charge is 0.396 e. The molecule has 0 saturated heterocycles. The fourth-order valence-corrected chi connectivity index (χ4v) is 1.03. The van der Waals surface area contributed by atoms with Crippen molar-refractivity contribution in [3.05, 3.63) is 34.0 Å². The van der Waals surface area contributed by atoms with E-state index in [2.05, 4.69) is 4.98 Å². The molecular formula is C8H11N3O3. The van der Waals surface area contributed by atoms with Crippen LogP contribution in [0.15, 0.2) is 18.3 Å². The summed E-state index contributed by atoms with van der Waals surface area (Å²) in [5.41, 5.74) is 6.35. The molecular weight excluding hydrogens is 186 g/mol. The van der Waals surface area contributed by atoms with Gasteiger partial charge in [0.1, 0.15) is 6.20 Å². The van der Waals surface area contributed by atoms with Crippen LogP contribution < -0.4 is 5.73 Å². The van der Waals surface area contributed by atoms with Crippen LogP contribution in [0.4, 0.5) is 5.82 Å². The molecule has 1 aromatic heterocycles. The minimum atomic E-state index is -0.568. The van der Waals surface area contributed by atoms with E-state index < -0.39 is 4.92 Å². The average molecular weight is 197 g/mol. The average Bonchev–Trinajstić information content (AvgIpc) is 2.18. The zero-order valence-corrected chi connectivity index (χ0v) is 7.46. The molecule has 14 heavy (non-hydrogen) atoms. The summed E-state index contributed by atoms with van der Waals surface area (Å²) in [6, 6.07) is 2.52. The number of aliphatic hydroxyl groups excluding tert-OH is 1. The maximum Gasteiger partial charge on any atom is 0.363 e. The highest BCUT2D eigenvalue weighted by Gasteiger charge is 2.10. The Bertz CT molecular complexity index is 312. The molecule has 0 bridgehead atoms. The summed E-state index contributed by atoms with van der Waals surface area (Å²) in [4.78, 5) is 13.3. The van der Waals surface area contributed by atoms with Gasteiger partial charge in [-0.25, -0.2) is 0 Å². The topological polar surface area (TPSA) is 102 Å². The predicted molar refractivity (Wildman–Crippen MR) is 49.5 cm³/mol. The number of nitrogens with zero attached hydrogens (tertiary/aromatic N) is 2. The van der Waals surface area contributed by atoms with Crippen LogP contribution in [0.3, 0.4) is 0 Å². The molecule has 1 aromatic rings. The van der Waals surface area contributed by atoms with Crippen molar-refractivity contribution in [1.82, 2.24) is 4.98 Å². The summed E-state index contributed by atoms with van der Waals surface area (Å²) in [5, 5.41) is 18.9. The Balaban J connectivity index is 2.77. The Morgan fingerprint density at radius 3 is 2.79 bits per heavy atom. The standard InChI is InChI=1S/C8H11N3O3/c9-7(3-4-12)6-1-2-8(10-5-6)11(13)14/h1-2,5,7,12H,3-4,9H2/t7-/m0/s1. The minimum Gasteiger partial charge on any atom is -0.396 e. The van der Waals surface area contributed by atoms with Crippen molar-refractivity contribution >= 4 is 5.82 Å². The Labute approximate surface area is 80.5 Å². The van der Waals surface area contributed by atoms with Crippen LogP contribution in [0.5, 0.6) is 0 Å². The Hall–Kier alpha value is -1.53. The monoisotopic (exact) mass is 197 g/mol. The highest BCUT2D eigenvalue weighted by molar-refractivity contribution is 5.24. The molecule has 0 aliphatic rings. The second-order valence-electron chi connectivity index (χ2n) is 2.83. The van der Waals surface area contributed by atoms with Gasteiger partial charge < -0.3 is 21.0 Å². The fraction of sp³-hybridized carbons (Fsp3) is 0.375. The van der Waals surface area contributed by atoms with Gasteiger partial charge in [0, 0.05) is 24.3 Å². The maximum absolute atomic E-state index is 10.3. The third-order valence-electron chi connectivity index (χ3n) is 1.83. The molecule has 1 rings (SSSR count). The Morgan fingerprint density at radius 2 is 2.36 bits per heavy atom. The summed E-state index contributed by atoms with van der Waals surface area (Å²) < 4.78 is 0. The first kappa shape index (κ1) is 10.6. The second kappa shape index (κ2) is 4.64. The van der Waals surface area contributed by atoms with E-state index in [0.717, 1.165) is 0 Å². The summed E-state index contributed by atoms with van der Waals surface area (Å²) in [5.74, 6) is -0.204. The maximum atomic E-state index is 10.3. The summed E-state index contributed by atoms with van der Waals surface area (Å²) in [6.07, 6.45) is 1.78. The molecule has 3 N–H and O–H groups in total. The molecule has 6 nitrogen and oxygen atoms in total. The summed E-state index contributed by atoms with van der Waals surface area (Å²) >= 11 is 0. The molecule has 0 saturated carbocycles. The lowest BCUT2D eigenvalue weighted by Gasteiger charge is -2.07. The number of pyridine rings is 1. The van der Waals surface area contributed by atoms with Crippen LogP contribution in [0.25, 0.3) is 0 Å². The lowest BCUT2D eigenvalue weighted by atomic mass is 10.1. The van der Waals surface area contributed by atoms with Crippen molar-refractivity contribution in [1.29, 1.82) is 0 Å². The quantitative estimate of drug-likeness (QED) is 0.536. The molecule has 6 heteroatoms. The summed E-state index contributed by atoms with van der Waals surface area (Å²) in [7, 11) is 0. The van der Waals surface area contributed by atoms with Gasteiger partial charge in [0.05, 0.1) is 0 Å². The molecule has 1 heterocycles. The number of hydrogen-bond donors (Lipinski definition) is 2. The third kappa shape index (κ3) is 2.48. The number of rotatable bonds is 4. The van der Waals surface area contributed by atoms with Crippen LogP contribution in [0, 0.1) is 10.1 Å². The molecule has 0 amide bonds. The van der Waals surface area contributed by atoms with Crippen LogP contribution in [0.1, 0.15) is 18.0 Å². The van der Waals surface area contributed by atoms with E-state index in [4.69, 9.17) is 10.8 Å². The van der Waals surface area contributed by atoms with Crippen molar-refractivity contribution in [3.8, 4) is 0 Å². The normalized spacial score (nSPS) is 12.4. The van der Waals surface area contributed by atoms with Gasteiger partial charge in [0.2, 0.25) is 0 Å². The van der Waals surface area contributed by atoms with Gasteiger partial charge in [-0.15, -0.1) is 0 Å². The molecule has 0 aromatic carbocycles. The number of nitro groups is 1. The van der Waals surface area contributed by atoms with Gasteiger partial charge >= 0.3 is 5.82 Å². The predicted octanol–water partition coefficient (Wildman–Crippen LogP) is 0.372. The molecule has 0 unspecified atom stereocenters. The van der Waals surface area contributed by atoms with E-state index in [1.54, 1.807) is 6.07 Å². The smallest absolute Gasteiger partial charge is 0.363 e. The van der Waals surface area contributed by atoms with Gasteiger partial charge in [-0.3, -0.25) is 0 Å². The first-order chi connectivity index (χ1) is 6.65. The van der Waals surface area contributed by atoms with Crippen molar-refractivity contribution in [2.75, 3.05) is 6.61 Å². The van der Waals surface area contributed by atoms with E-state index in [1.165, 1.54) is 12.3 Å². The minimum absolute atomic E-state index is 0.0157. The number of aromatic nitrogens is 1. The van der Waals surface area contributed by atoms with Crippen LogP contribution in [-0.4, -0.2) is 21.6 Å². The second-order valence-corrected chi connectivity index (χ2v) is 2.83. The van der Waals surface area contributed by atoms with Crippen molar-refractivity contribution in [2.45, 2.75) is 12.5 Å². The van der Waals surface area contributed by atoms with Gasteiger partial charge in [0.15, 0.2) is 0 Å². The van der Waals surface area contributed by atoms with E-state index in [0.29, 0.717) is 12.0 Å². The zero-order valence-electron chi connectivity index (χ0n) is 7.46. The van der Waals surface area contributed by atoms with Crippen molar-refractivity contribution in [3.63, 3.8) is 0 Å². The SMILES string of the molecule is N[C@@H](CCO)c1ccc([N+](=O)[O-])nc1. The molecule has 0 aliphatic carbocycles. The van der Waals surface area contributed by atoms with Crippen LogP contribution in [0.2, 0.25) is 0 Å². The highest BCUT2D eigenvalue weighted by Crippen LogP contribution is 2.14. The Morgan fingerprint density at radius 1 is 1.64 bits per heavy atom. The van der Waals surface area contributed by atoms with Crippen molar-refractivity contribution in [2.24, 2.45) is 5.73 Å². The number of hydrogen-bond acceptors (Lipinski definition) is 5. The van der Waals surface area contributed by atoms with E-state index >= 15 is 0 Å². The fourth-order valence-electron chi connectivity index (χ4n) is 1.03. The molecule has 1 atom stereocenters. The van der Waals surface area contributed by atoms with Crippen molar-refractivity contribution < 1.29 is 10.0 Å². The third-order valence-corrected chi connectivity index (χ3v) is 1.83. The molecule has 0 fully saturated rings. The molecule has 0 aliphatic heterocycles. The van der Waals surface area contributed by atoms with E-state index in [-0.39, 0.29) is 18.5 Å². The first-order valence-corrected chi connectivity index (χ1v) is 4.12. The first-order valence-electron chi connectivity index (χ1n) is 4.12. The number of nitrogens with two attached hydrogens (primary N) is 1. The van der Waals surface area contributed by atoms with E-state index in [9.17, 15) is 10.1 Å². The van der Waals surface area contributed by atoms with Gasteiger partial charge in [-0.2, -0.15) is 0 Å². The molecule has 0 radical (unpaired) electrons. The summed E-state index contributed by atoms with van der Waals surface area (Å²) in [6.45, 7) is -0.0157. The van der Waals surface area contributed by atoms with Gasteiger partial charge in [-0.1, -0.05) is 0 Å². The van der Waals surface area contributed by atoms with E-state index in [1.807, 2.05) is 0 Å². The van der Waals surface area contributed by atoms with Crippen LogP contribution >= 0.6 is 0 Å². The number of aliphatic hydroxyl groups is 1. The zero-order chi connectivity index (χ0) is 10.6. The lowest BCUT2D eigenvalue weighted by molar-refractivity contribution is -0.389. The lowest BCUT2D eigenvalue weighted by Crippen LogP contribution is -2.12.